The lowest BCUT2D eigenvalue weighted by Crippen LogP contribution is -2.41. The predicted octanol–water partition coefficient (Wildman–Crippen LogP) is 3.24. The lowest BCUT2D eigenvalue weighted by atomic mass is 9.91. The molecule has 5 atom stereocenters. The highest BCUT2D eigenvalue weighted by Gasteiger charge is 2.45. The summed E-state index contributed by atoms with van der Waals surface area (Å²) < 4.78 is 9.99. The zero-order valence-electron chi connectivity index (χ0n) is 22.9. The highest BCUT2D eigenvalue weighted by Crippen LogP contribution is 2.32. The number of epoxide rings is 1. The van der Waals surface area contributed by atoms with Gasteiger partial charge in [-0.05, 0) is 33.1 Å². The van der Waals surface area contributed by atoms with Crippen LogP contribution in [-0.4, -0.2) is 59.9 Å². The van der Waals surface area contributed by atoms with Crippen LogP contribution < -0.4 is 5.32 Å². The van der Waals surface area contributed by atoms with E-state index in [1.807, 2.05) is 34.6 Å². The van der Waals surface area contributed by atoms with Gasteiger partial charge in [0.1, 0.15) is 12.7 Å². The molecule has 4 amide bonds. The largest absolute Gasteiger partial charge is 0.462 e. The Hall–Kier alpha value is -2.29. The molecule has 5 unspecified atom stereocenters. The van der Waals surface area contributed by atoms with Crippen molar-refractivity contribution in [2.75, 3.05) is 13.2 Å². The fourth-order valence-corrected chi connectivity index (χ4v) is 4.15. The van der Waals surface area contributed by atoms with Crippen molar-refractivity contribution in [3.63, 3.8) is 0 Å². The summed E-state index contributed by atoms with van der Waals surface area (Å²) in [6, 6.07) is 0.200. The zero-order valence-corrected chi connectivity index (χ0v) is 22.9. The molecule has 0 aromatic heterocycles. The van der Waals surface area contributed by atoms with Crippen LogP contribution in [0.5, 0.6) is 0 Å². The van der Waals surface area contributed by atoms with Gasteiger partial charge >= 0.3 is 5.97 Å². The van der Waals surface area contributed by atoms with Crippen LogP contribution in [0.3, 0.4) is 0 Å². The number of carbonyl (C=O) groups is 5. The Morgan fingerprint density at radius 1 is 0.917 bits per heavy atom. The highest BCUT2D eigenvalue weighted by molar-refractivity contribution is 6.05. The molecule has 3 saturated heterocycles. The van der Waals surface area contributed by atoms with E-state index in [1.54, 1.807) is 18.7 Å². The summed E-state index contributed by atoms with van der Waals surface area (Å²) >= 11 is 0. The number of amides is 4. The third kappa shape index (κ3) is 7.60. The van der Waals surface area contributed by atoms with E-state index in [-0.39, 0.29) is 70.8 Å². The first-order valence-corrected chi connectivity index (χ1v) is 13.3. The number of hydrogen-bond donors (Lipinski definition) is 1. The maximum atomic E-state index is 11.9. The quantitative estimate of drug-likeness (QED) is 0.344. The molecular formula is C27H44N2O7. The van der Waals surface area contributed by atoms with Crippen molar-refractivity contribution >= 4 is 29.6 Å². The monoisotopic (exact) mass is 508 g/mol. The summed E-state index contributed by atoms with van der Waals surface area (Å²) in [6.45, 7) is 14.2. The van der Waals surface area contributed by atoms with Crippen LogP contribution in [0.1, 0.15) is 87.0 Å². The van der Waals surface area contributed by atoms with E-state index in [2.05, 4.69) is 5.32 Å². The molecule has 0 radical (unpaired) electrons. The molecule has 4 rings (SSSR count). The van der Waals surface area contributed by atoms with Crippen molar-refractivity contribution in [2.24, 2.45) is 29.1 Å². The second-order valence-electron chi connectivity index (χ2n) is 11.1. The Bertz CT molecular complexity index is 792. The Balaban J connectivity index is 0.000000197. The van der Waals surface area contributed by atoms with Crippen LogP contribution in [0.25, 0.3) is 0 Å². The number of nitrogens with one attached hydrogen (secondary N) is 1. The van der Waals surface area contributed by atoms with Crippen molar-refractivity contribution in [3.8, 4) is 0 Å². The number of esters is 1. The number of hydrogen-bond acceptors (Lipinski definition) is 7. The number of likely N-dealkylation sites (tertiary alicyclic amines) is 1. The normalized spacial score (nSPS) is 30.2. The van der Waals surface area contributed by atoms with Gasteiger partial charge in [0.25, 0.3) is 0 Å². The van der Waals surface area contributed by atoms with Crippen LogP contribution >= 0.6 is 0 Å². The Labute approximate surface area is 215 Å². The SMILES string of the molecule is CC1C(=O)N(C2CCCCC2)C(=O)C1C.CC1C(=O)NC(=O)C1C.CCC(C)(C)C(=O)OCC1CO1. The molecule has 1 N–H and O–H groups in total. The van der Waals surface area contributed by atoms with Gasteiger partial charge in [-0.2, -0.15) is 0 Å². The van der Waals surface area contributed by atoms with Crippen molar-refractivity contribution in [2.45, 2.75) is 99.1 Å². The predicted molar refractivity (Wildman–Crippen MR) is 133 cm³/mol. The standard InChI is InChI=1S/C12H19NO2.C9H16O3.C6H9NO2/c1-8-9(2)12(15)13(11(8)14)10-6-4-3-5-7-10;1-4-9(2,3)8(10)12-6-7-5-11-7;1-3-4(2)6(9)7-5(3)8/h8-10H,3-7H2,1-2H3;7H,4-6H2,1-3H3;3-4H,1-2H3,(H,7,8,9). The van der Waals surface area contributed by atoms with E-state index in [0.29, 0.717) is 6.61 Å². The number of nitrogens with zero attached hydrogens (tertiary/aromatic N) is 1. The Kier molecular flexibility index (Phi) is 10.6. The van der Waals surface area contributed by atoms with E-state index < -0.39 is 0 Å². The summed E-state index contributed by atoms with van der Waals surface area (Å²) in [5, 5.41) is 2.24. The minimum Gasteiger partial charge on any atom is -0.462 e. The first-order chi connectivity index (χ1) is 16.8. The van der Waals surface area contributed by atoms with Crippen molar-refractivity contribution < 1.29 is 33.4 Å². The average molecular weight is 509 g/mol. The van der Waals surface area contributed by atoms with Gasteiger partial charge < -0.3 is 9.47 Å². The van der Waals surface area contributed by atoms with Gasteiger partial charge in [-0.3, -0.25) is 34.2 Å². The lowest BCUT2D eigenvalue weighted by Gasteiger charge is -2.29. The third-order valence-corrected chi connectivity index (χ3v) is 8.01. The zero-order chi connectivity index (χ0) is 27.2. The van der Waals surface area contributed by atoms with Gasteiger partial charge in [0.15, 0.2) is 0 Å². The minimum absolute atomic E-state index is 0.0550. The smallest absolute Gasteiger partial charge is 0.311 e. The maximum absolute atomic E-state index is 11.9. The number of ether oxygens (including phenoxy) is 2. The molecule has 1 saturated carbocycles. The third-order valence-electron chi connectivity index (χ3n) is 8.01. The molecule has 4 aliphatic rings. The van der Waals surface area contributed by atoms with Gasteiger partial charge in [-0.1, -0.05) is 53.9 Å². The van der Waals surface area contributed by atoms with Crippen molar-refractivity contribution in [1.82, 2.24) is 10.2 Å². The maximum Gasteiger partial charge on any atom is 0.311 e. The fraction of sp³-hybridized carbons (Fsp3) is 0.815. The van der Waals surface area contributed by atoms with Crippen LogP contribution in [0, 0.1) is 29.1 Å². The molecular weight excluding hydrogens is 464 g/mol. The molecule has 9 heteroatoms. The first kappa shape index (κ1) is 29.9. The van der Waals surface area contributed by atoms with Gasteiger partial charge in [0.2, 0.25) is 23.6 Å². The number of imide groups is 2. The van der Waals surface area contributed by atoms with Crippen LogP contribution in [-0.2, 0) is 33.4 Å². The first-order valence-electron chi connectivity index (χ1n) is 13.3. The molecule has 0 aromatic carbocycles. The van der Waals surface area contributed by atoms with E-state index in [9.17, 15) is 24.0 Å². The van der Waals surface area contributed by atoms with E-state index in [1.165, 1.54) is 6.42 Å². The van der Waals surface area contributed by atoms with E-state index >= 15 is 0 Å². The average Bonchev–Trinajstić information content (AvgIpc) is 3.64. The van der Waals surface area contributed by atoms with E-state index in [0.717, 1.165) is 38.7 Å². The molecule has 4 fully saturated rings. The van der Waals surface area contributed by atoms with Gasteiger partial charge in [-0.25, -0.2) is 0 Å². The molecule has 0 bridgehead atoms. The summed E-state index contributed by atoms with van der Waals surface area (Å²) in [7, 11) is 0. The summed E-state index contributed by atoms with van der Waals surface area (Å²) in [5.41, 5.74) is -0.352. The Morgan fingerprint density at radius 2 is 1.39 bits per heavy atom. The molecule has 36 heavy (non-hydrogen) atoms. The molecule has 3 heterocycles. The van der Waals surface area contributed by atoms with Crippen LogP contribution in [0.15, 0.2) is 0 Å². The van der Waals surface area contributed by atoms with Gasteiger partial charge in [0.05, 0.1) is 12.0 Å². The van der Waals surface area contributed by atoms with Gasteiger partial charge in [0, 0.05) is 29.7 Å². The second kappa shape index (κ2) is 12.8. The number of rotatable bonds is 5. The Morgan fingerprint density at radius 3 is 1.75 bits per heavy atom. The topological polar surface area (TPSA) is 122 Å². The van der Waals surface area contributed by atoms with E-state index in [4.69, 9.17) is 9.47 Å². The lowest BCUT2D eigenvalue weighted by molar-refractivity contribution is -0.154. The minimum atomic E-state index is -0.352. The summed E-state index contributed by atoms with van der Waals surface area (Å²) in [6.07, 6.45) is 6.56. The number of carbonyl (C=O) groups excluding carboxylic acids is 5. The molecule has 3 aliphatic heterocycles. The summed E-state index contributed by atoms with van der Waals surface area (Å²) in [4.78, 5) is 58.1. The molecule has 9 nitrogen and oxygen atoms in total. The summed E-state index contributed by atoms with van der Waals surface area (Å²) in [5.74, 6) is -0.812. The molecule has 204 valence electrons. The molecule has 1 aliphatic carbocycles. The van der Waals surface area contributed by atoms with Crippen molar-refractivity contribution in [1.29, 1.82) is 0 Å². The highest BCUT2D eigenvalue weighted by atomic mass is 16.6. The van der Waals surface area contributed by atoms with Crippen molar-refractivity contribution in [3.05, 3.63) is 0 Å². The van der Waals surface area contributed by atoms with Gasteiger partial charge in [-0.15, -0.1) is 0 Å². The molecule has 0 aromatic rings. The fourth-order valence-electron chi connectivity index (χ4n) is 4.15. The second-order valence-corrected chi connectivity index (χ2v) is 11.1. The van der Waals surface area contributed by atoms with Crippen LogP contribution in [0.2, 0.25) is 0 Å². The van der Waals surface area contributed by atoms with Crippen LogP contribution in [0.4, 0.5) is 0 Å². The molecule has 0 spiro atoms.